The summed E-state index contributed by atoms with van der Waals surface area (Å²) < 4.78 is 4.88. The number of nitrogens with zero attached hydrogens (tertiary/aromatic N) is 3. The first kappa shape index (κ1) is 32.5. The molecule has 9 aromatic carbocycles. The van der Waals surface area contributed by atoms with E-state index in [0.717, 1.165) is 33.8 Å². The summed E-state index contributed by atoms with van der Waals surface area (Å²) in [6, 6.07) is 76.7. The van der Waals surface area contributed by atoms with Crippen molar-refractivity contribution in [3.8, 4) is 45.0 Å². The molecule has 12 aromatic rings. The van der Waals surface area contributed by atoms with Gasteiger partial charge in [0.2, 0.25) is 0 Å². The quantitative estimate of drug-likeness (QED) is 0.161. The molecule has 0 saturated carbocycles. The molecule has 0 aliphatic rings. The van der Waals surface area contributed by atoms with Crippen LogP contribution in [0.1, 0.15) is 0 Å². The molecule has 0 fully saturated rings. The predicted molar refractivity (Wildman–Crippen MR) is 244 cm³/mol. The van der Waals surface area contributed by atoms with Crippen LogP contribution in [-0.4, -0.2) is 14.1 Å². The van der Waals surface area contributed by atoms with Gasteiger partial charge in [0.05, 0.1) is 33.5 Å². The molecule has 0 amide bonds. The molecule has 0 N–H and O–H groups in total. The van der Waals surface area contributed by atoms with Gasteiger partial charge in [0, 0.05) is 54.8 Å². The van der Waals surface area contributed by atoms with Crippen LogP contribution in [0.5, 0.6) is 0 Å². The van der Waals surface area contributed by atoms with Crippen molar-refractivity contribution in [1.82, 2.24) is 14.1 Å². The highest BCUT2D eigenvalue weighted by Crippen LogP contribution is 2.43. The van der Waals surface area contributed by atoms with Crippen LogP contribution in [0.3, 0.4) is 0 Å². The summed E-state index contributed by atoms with van der Waals surface area (Å²) >= 11 is 0. The van der Waals surface area contributed by atoms with Crippen molar-refractivity contribution < 1.29 is 0 Å². The lowest BCUT2D eigenvalue weighted by molar-refractivity contribution is 1.18. The average Bonchev–Trinajstić information content (AvgIpc) is 3.83. The van der Waals surface area contributed by atoms with Crippen molar-refractivity contribution >= 4 is 65.2 Å². The number of aromatic nitrogens is 3. The molecule has 0 unspecified atom stereocenters. The lowest BCUT2D eigenvalue weighted by atomic mass is 9.97. The number of fused-ring (bicyclic) bond motifs is 11. The van der Waals surface area contributed by atoms with Crippen molar-refractivity contribution in [2.45, 2.75) is 0 Å². The number of hydrogen-bond donors (Lipinski definition) is 0. The zero-order valence-electron chi connectivity index (χ0n) is 31.5. The van der Waals surface area contributed by atoms with E-state index in [-0.39, 0.29) is 0 Å². The Morgan fingerprint density at radius 3 is 1.16 bits per heavy atom. The van der Waals surface area contributed by atoms with Crippen molar-refractivity contribution in [2.75, 3.05) is 0 Å². The first-order valence-corrected chi connectivity index (χ1v) is 19.9. The third-order valence-electron chi connectivity index (χ3n) is 11.9. The van der Waals surface area contributed by atoms with Gasteiger partial charge < -0.3 is 9.13 Å². The minimum Gasteiger partial charge on any atom is -0.309 e. The van der Waals surface area contributed by atoms with Gasteiger partial charge in [-0.3, -0.25) is 0 Å². The molecule has 3 nitrogen and oxygen atoms in total. The van der Waals surface area contributed by atoms with Gasteiger partial charge in [-0.1, -0.05) is 164 Å². The van der Waals surface area contributed by atoms with Crippen LogP contribution in [-0.2, 0) is 0 Å². The van der Waals surface area contributed by atoms with E-state index in [9.17, 15) is 0 Å². The third-order valence-corrected chi connectivity index (χ3v) is 11.9. The molecule has 0 radical (unpaired) electrons. The second-order valence-electron chi connectivity index (χ2n) is 15.1. The molecule has 0 bridgehead atoms. The van der Waals surface area contributed by atoms with E-state index >= 15 is 0 Å². The topological polar surface area (TPSA) is 22.8 Å². The Hall–Kier alpha value is -7.75. The molecule has 3 aromatic heterocycles. The molecule has 12 rings (SSSR count). The van der Waals surface area contributed by atoms with Crippen LogP contribution in [0.2, 0.25) is 0 Å². The maximum absolute atomic E-state index is 5.21. The molecule has 3 heterocycles. The Kier molecular flexibility index (Phi) is 7.23. The SMILES string of the molecule is c1ccc(-c2cc(-c3ccccc3)nc(-c3ccc(-n4c5ccccc5c5ccc6c7ccc8c9ccccc9n(-c9ccccc9)c8c7ccc6c54)cc3)c2)cc1. The fourth-order valence-electron chi connectivity index (χ4n) is 9.27. The average molecular weight is 738 g/mol. The number of pyridine rings is 1. The van der Waals surface area contributed by atoms with Gasteiger partial charge in [0.15, 0.2) is 0 Å². The Morgan fingerprint density at radius 1 is 0.259 bits per heavy atom. The summed E-state index contributed by atoms with van der Waals surface area (Å²) in [4.78, 5) is 5.21. The molecular formula is C55H35N3. The van der Waals surface area contributed by atoms with E-state index in [1.807, 2.05) is 0 Å². The summed E-state index contributed by atoms with van der Waals surface area (Å²) in [6.45, 7) is 0. The van der Waals surface area contributed by atoms with Gasteiger partial charge in [0.25, 0.3) is 0 Å². The van der Waals surface area contributed by atoms with Gasteiger partial charge in [-0.25, -0.2) is 4.98 Å². The molecule has 270 valence electrons. The van der Waals surface area contributed by atoms with Crippen LogP contribution < -0.4 is 0 Å². The van der Waals surface area contributed by atoms with Gasteiger partial charge in [-0.05, 0) is 70.4 Å². The Bertz CT molecular complexity index is 3470. The molecule has 0 spiro atoms. The fraction of sp³-hybridized carbons (Fsp3) is 0. The van der Waals surface area contributed by atoms with E-state index in [1.54, 1.807) is 0 Å². The maximum Gasteiger partial charge on any atom is 0.0715 e. The van der Waals surface area contributed by atoms with Crippen LogP contribution >= 0.6 is 0 Å². The molecule has 0 aliphatic heterocycles. The first-order chi connectivity index (χ1) is 28.8. The molecule has 58 heavy (non-hydrogen) atoms. The lowest BCUT2D eigenvalue weighted by Gasteiger charge is -2.14. The molecule has 3 heteroatoms. The number of para-hydroxylation sites is 3. The Labute approximate surface area is 335 Å². The van der Waals surface area contributed by atoms with E-state index in [4.69, 9.17) is 4.98 Å². The standard InChI is InChI=1S/C55H35N3/c1-4-14-36(15-5-1)39-34-50(37-16-6-2-7-17-37)56-51(35-39)38-24-26-41(27-25-38)58-53-23-13-11-21-45(53)49-31-29-43-42-28-30-48-44-20-10-12-22-52(44)57(40-18-8-3-9-19-40)54(48)46(42)32-33-47(43)55(49)58/h1-35H. The molecule has 0 saturated heterocycles. The van der Waals surface area contributed by atoms with Crippen LogP contribution in [0.4, 0.5) is 0 Å². The van der Waals surface area contributed by atoms with Crippen LogP contribution in [0, 0.1) is 0 Å². The van der Waals surface area contributed by atoms with Gasteiger partial charge in [-0.2, -0.15) is 0 Å². The predicted octanol–water partition coefficient (Wildman–Crippen LogP) is 14.6. The number of hydrogen-bond acceptors (Lipinski definition) is 1. The molecular weight excluding hydrogens is 703 g/mol. The second-order valence-corrected chi connectivity index (χ2v) is 15.1. The zero-order chi connectivity index (χ0) is 38.2. The lowest BCUT2D eigenvalue weighted by Crippen LogP contribution is -1.96. The van der Waals surface area contributed by atoms with E-state index in [1.165, 1.54) is 76.4 Å². The summed E-state index contributed by atoms with van der Waals surface area (Å²) in [5.74, 6) is 0. The number of rotatable bonds is 5. The number of benzene rings is 9. The normalized spacial score (nSPS) is 11.8. The summed E-state index contributed by atoms with van der Waals surface area (Å²) in [7, 11) is 0. The van der Waals surface area contributed by atoms with Crippen LogP contribution in [0.25, 0.3) is 110 Å². The maximum atomic E-state index is 5.21. The summed E-state index contributed by atoms with van der Waals surface area (Å²) in [6.07, 6.45) is 0. The van der Waals surface area contributed by atoms with Gasteiger partial charge in [0.1, 0.15) is 0 Å². The van der Waals surface area contributed by atoms with Crippen LogP contribution in [0.15, 0.2) is 212 Å². The summed E-state index contributed by atoms with van der Waals surface area (Å²) in [5, 5.41) is 9.99. The third kappa shape index (κ3) is 4.97. The van der Waals surface area contributed by atoms with Gasteiger partial charge in [-0.15, -0.1) is 0 Å². The van der Waals surface area contributed by atoms with Gasteiger partial charge >= 0.3 is 0 Å². The monoisotopic (exact) mass is 737 g/mol. The van der Waals surface area contributed by atoms with Crippen molar-refractivity contribution in [2.24, 2.45) is 0 Å². The van der Waals surface area contributed by atoms with E-state index in [2.05, 4.69) is 221 Å². The van der Waals surface area contributed by atoms with Crippen molar-refractivity contribution in [3.05, 3.63) is 212 Å². The highest BCUT2D eigenvalue weighted by Gasteiger charge is 2.19. The first-order valence-electron chi connectivity index (χ1n) is 19.9. The largest absolute Gasteiger partial charge is 0.309 e. The zero-order valence-corrected chi connectivity index (χ0v) is 31.5. The fourth-order valence-corrected chi connectivity index (χ4v) is 9.27. The van der Waals surface area contributed by atoms with E-state index < -0.39 is 0 Å². The molecule has 0 aliphatic carbocycles. The Balaban J connectivity index is 1.06. The highest BCUT2D eigenvalue weighted by molar-refractivity contribution is 6.27. The van der Waals surface area contributed by atoms with Crippen molar-refractivity contribution in [3.63, 3.8) is 0 Å². The molecule has 0 atom stereocenters. The van der Waals surface area contributed by atoms with Crippen molar-refractivity contribution in [1.29, 1.82) is 0 Å². The Morgan fingerprint density at radius 2 is 0.638 bits per heavy atom. The smallest absolute Gasteiger partial charge is 0.0715 e. The minimum atomic E-state index is 0.949. The summed E-state index contributed by atoms with van der Waals surface area (Å²) in [5.41, 5.74) is 13.6. The minimum absolute atomic E-state index is 0.949. The second kappa shape index (κ2) is 12.9. The van der Waals surface area contributed by atoms with E-state index in [0.29, 0.717) is 0 Å². The highest BCUT2D eigenvalue weighted by atomic mass is 15.0.